The van der Waals surface area contributed by atoms with Crippen LogP contribution in [-0.2, 0) is 30.4 Å². The smallest absolute Gasteiger partial charge is 0.326 e. The van der Waals surface area contributed by atoms with Crippen molar-refractivity contribution in [3.63, 3.8) is 0 Å². The van der Waals surface area contributed by atoms with Crippen molar-refractivity contribution in [1.82, 2.24) is 20.9 Å². The van der Waals surface area contributed by atoms with E-state index >= 15 is 0 Å². The molecule has 0 bridgehead atoms. The Morgan fingerprint density at radius 3 is 2.22 bits per heavy atom. The van der Waals surface area contributed by atoms with Gasteiger partial charge in [0.05, 0.1) is 13.0 Å². The summed E-state index contributed by atoms with van der Waals surface area (Å²) in [5.41, 5.74) is 7.00. The molecule has 4 unspecified atom stereocenters. The van der Waals surface area contributed by atoms with Crippen LogP contribution in [0.1, 0.15) is 18.4 Å². The van der Waals surface area contributed by atoms with Crippen LogP contribution in [0.25, 0.3) is 10.9 Å². The number of aliphatic hydroxyl groups is 1. The standard InChI is InChI=1S/C23H31N5O8S/c1-37-7-6-16(23(35)36)26-22(34)18(9-19(30)31)28-21(33)17(27-20(32)14(24)11-29)8-12-10-25-15-5-3-2-4-13(12)15/h2-5,10,14,16-18,25,29H,6-9,11,24H2,1H3,(H,26,34)(H,27,32)(H,28,33)(H,30,31)(H,35,36). The zero-order chi connectivity index (χ0) is 27.5. The van der Waals surface area contributed by atoms with Crippen LogP contribution in [-0.4, -0.2) is 92.7 Å². The number of thioether (sulfide) groups is 1. The molecule has 0 saturated carbocycles. The summed E-state index contributed by atoms with van der Waals surface area (Å²) >= 11 is 1.37. The average Bonchev–Trinajstić information content (AvgIpc) is 3.27. The average molecular weight is 538 g/mol. The van der Waals surface area contributed by atoms with Crippen molar-refractivity contribution in [3.05, 3.63) is 36.0 Å². The SMILES string of the molecule is CSCCC(NC(=O)C(CC(=O)O)NC(=O)C(Cc1c[nH]c2ccccc12)NC(=O)C(N)CO)C(=O)O. The number of carboxylic acid groups (broad SMARTS) is 2. The molecule has 2 rings (SSSR count). The number of aliphatic hydroxyl groups excluding tert-OH is 1. The van der Waals surface area contributed by atoms with Crippen LogP contribution in [0.4, 0.5) is 0 Å². The number of hydrogen-bond donors (Lipinski definition) is 8. The van der Waals surface area contributed by atoms with E-state index in [1.54, 1.807) is 24.6 Å². The van der Waals surface area contributed by atoms with Gasteiger partial charge in [-0.1, -0.05) is 18.2 Å². The van der Waals surface area contributed by atoms with Crippen molar-refractivity contribution >= 4 is 52.3 Å². The lowest BCUT2D eigenvalue weighted by molar-refractivity contribution is -0.143. The summed E-state index contributed by atoms with van der Waals surface area (Å²) in [5, 5.41) is 35.6. The van der Waals surface area contributed by atoms with Gasteiger partial charge in [-0.2, -0.15) is 11.8 Å². The summed E-state index contributed by atoms with van der Waals surface area (Å²) < 4.78 is 0. The summed E-state index contributed by atoms with van der Waals surface area (Å²) in [6.07, 6.45) is 2.63. The van der Waals surface area contributed by atoms with Gasteiger partial charge in [0.15, 0.2) is 0 Å². The Morgan fingerprint density at radius 1 is 0.973 bits per heavy atom. The highest BCUT2D eigenvalue weighted by Gasteiger charge is 2.32. The Morgan fingerprint density at radius 2 is 1.59 bits per heavy atom. The molecule has 1 heterocycles. The second kappa shape index (κ2) is 14.2. The highest BCUT2D eigenvalue weighted by atomic mass is 32.2. The molecule has 13 nitrogen and oxygen atoms in total. The minimum atomic E-state index is -1.62. The molecule has 14 heteroatoms. The number of carbonyl (C=O) groups excluding carboxylic acids is 3. The van der Waals surface area contributed by atoms with E-state index in [0.29, 0.717) is 11.3 Å². The van der Waals surface area contributed by atoms with E-state index in [2.05, 4.69) is 20.9 Å². The van der Waals surface area contributed by atoms with Gasteiger partial charge in [-0.15, -0.1) is 0 Å². The van der Waals surface area contributed by atoms with E-state index < -0.39 is 66.9 Å². The molecule has 0 aliphatic heterocycles. The maximum atomic E-state index is 13.2. The number of amides is 3. The number of para-hydroxylation sites is 1. The Balaban J connectivity index is 2.27. The summed E-state index contributed by atoms with van der Waals surface area (Å²) in [6, 6.07) is 1.72. The molecule has 0 spiro atoms. The van der Waals surface area contributed by atoms with Gasteiger partial charge in [0, 0.05) is 23.5 Å². The van der Waals surface area contributed by atoms with Gasteiger partial charge in [0.25, 0.3) is 0 Å². The second-order valence-electron chi connectivity index (χ2n) is 8.25. The second-order valence-corrected chi connectivity index (χ2v) is 9.24. The molecule has 0 radical (unpaired) electrons. The molecule has 37 heavy (non-hydrogen) atoms. The van der Waals surface area contributed by atoms with Gasteiger partial charge in [-0.25, -0.2) is 4.79 Å². The van der Waals surface area contributed by atoms with Crippen LogP contribution in [0.2, 0.25) is 0 Å². The van der Waals surface area contributed by atoms with Gasteiger partial charge >= 0.3 is 11.9 Å². The highest BCUT2D eigenvalue weighted by Crippen LogP contribution is 2.19. The van der Waals surface area contributed by atoms with Crippen LogP contribution in [0.5, 0.6) is 0 Å². The third-order valence-electron chi connectivity index (χ3n) is 5.50. The molecule has 0 aliphatic carbocycles. The molecule has 0 aliphatic rings. The lowest BCUT2D eigenvalue weighted by Crippen LogP contribution is -2.58. The van der Waals surface area contributed by atoms with E-state index in [9.17, 15) is 39.3 Å². The largest absolute Gasteiger partial charge is 0.481 e. The molecule has 3 amide bonds. The fourth-order valence-corrected chi connectivity index (χ4v) is 3.98. The predicted molar refractivity (Wildman–Crippen MR) is 136 cm³/mol. The molecule has 9 N–H and O–H groups in total. The van der Waals surface area contributed by atoms with E-state index in [-0.39, 0.29) is 12.8 Å². The van der Waals surface area contributed by atoms with Gasteiger partial charge in [-0.3, -0.25) is 19.2 Å². The van der Waals surface area contributed by atoms with Crippen molar-refractivity contribution < 1.29 is 39.3 Å². The topological polar surface area (TPSA) is 224 Å². The third kappa shape index (κ3) is 8.77. The third-order valence-corrected chi connectivity index (χ3v) is 6.15. The lowest BCUT2D eigenvalue weighted by atomic mass is 10.0. The molecule has 4 atom stereocenters. The Hall–Kier alpha value is -3.62. The predicted octanol–water partition coefficient (Wildman–Crippen LogP) is -1.20. The number of H-pyrrole nitrogens is 1. The molecule has 1 aromatic carbocycles. The summed E-state index contributed by atoms with van der Waals surface area (Å²) in [4.78, 5) is 64.3. The van der Waals surface area contributed by atoms with Crippen molar-refractivity contribution in [3.8, 4) is 0 Å². The number of aliphatic carboxylic acids is 2. The number of nitrogens with one attached hydrogen (secondary N) is 4. The Bertz CT molecular complexity index is 1120. The zero-order valence-corrected chi connectivity index (χ0v) is 20.9. The molecule has 202 valence electrons. The van der Waals surface area contributed by atoms with Crippen molar-refractivity contribution in [2.24, 2.45) is 5.73 Å². The van der Waals surface area contributed by atoms with Crippen LogP contribution < -0.4 is 21.7 Å². The number of benzene rings is 1. The summed E-state index contributed by atoms with van der Waals surface area (Å²) in [6.45, 7) is -0.677. The first-order chi connectivity index (χ1) is 17.6. The number of aromatic nitrogens is 1. The molecule has 2 aromatic rings. The quantitative estimate of drug-likeness (QED) is 0.135. The maximum absolute atomic E-state index is 13.2. The number of nitrogens with two attached hydrogens (primary N) is 1. The fraction of sp³-hybridized carbons (Fsp3) is 0.435. The number of hydrogen-bond acceptors (Lipinski definition) is 8. The molecular weight excluding hydrogens is 506 g/mol. The first-order valence-corrected chi connectivity index (χ1v) is 12.7. The van der Waals surface area contributed by atoms with Gasteiger partial charge < -0.3 is 42.0 Å². The van der Waals surface area contributed by atoms with Crippen LogP contribution in [0, 0.1) is 0 Å². The first-order valence-electron chi connectivity index (χ1n) is 11.3. The normalized spacial score (nSPS) is 14.2. The molecule has 1 aromatic heterocycles. The molecule has 0 saturated heterocycles. The monoisotopic (exact) mass is 537 g/mol. The van der Waals surface area contributed by atoms with Crippen LogP contribution in [0.3, 0.4) is 0 Å². The van der Waals surface area contributed by atoms with Crippen molar-refractivity contribution in [2.45, 2.75) is 43.4 Å². The number of fused-ring (bicyclic) bond motifs is 1. The Labute approximate surface area is 216 Å². The first kappa shape index (κ1) is 29.6. The van der Waals surface area contributed by atoms with E-state index in [4.69, 9.17) is 5.73 Å². The number of aromatic amines is 1. The summed E-state index contributed by atoms with van der Waals surface area (Å²) in [5.74, 6) is -4.99. The lowest BCUT2D eigenvalue weighted by Gasteiger charge is -2.24. The van der Waals surface area contributed by atoms with Crippen LogP contribution >= 0.6 is 11.8 Å². The van der Waals surface area contributed by atoms with Crippen molar-refractivity contribution in [1.29, 1.82) is 0 Å². The maximum Gasteiger partial charge on any atom is 0.326 e. The number of carbonyl (C=O) groups is 5. The highest BCUT2D eigenvalue weighted by molar-refractivity contribution is 7.98. The van der Waals surface area contributed by atoms with Crippen LogP contribution in [0.15, 0.2) is 30.5 Å². The Kier molecular flexibility index (Phi) is 11.4. The van der Waals surface area contributed by atoms with Gasteiger partial charge in [0.1, 0.15) is 24.2 Å². The van der Waals surface area contributed by atoms with E-state index in [0.717, 1.165) is 10.9 Å². The number of carboxylic acids is 2. The molecular formula is C23H31N5O8S. The minimum Gasteiger partial charge on any atom is -0.481 e. The minimum absolute atomic E-state index is 0.0490. The molecule has 0 fully saturated rings. The van der Waals surface area contributed by atoms with Gasteiger partial charge in [0.2, 0.25) is 17.7 Å². The number of rotatable bonds is 15. The van der Waals surface area contributed by atoms with Gasteiger partial charge in [-0.05, 0) is 30.1 Å². The van der Waals surface area contributed by atoms with Crippen molar-refractivity contribution in [2.75, 3.05) is 18.6 Å². The van der Waals surface area contributed by atoms with E-state index in [1.165, 1.54) is 11.8 Å². The summed E-state index contributed by atoms with van der Waals surface area (Å²) in [7, 11) is 0. The van der Waals surface area contributed by atoms with E-state index in [1.807, 2.05) is 12.1 Å². The zero-order valence-electron chi connectivity index (χ0n) is 20.1. The fourth-order valence-electron chi connectivity index (χ4n) is 3.51.